The van der Waals surface area contributed by atoms with Gasteiger partial charge in [0, 0.05) is 9.35 Å². The standard InChI is InChI=1S/C15H14BrFN2OS/c1-8-2-5-12-13(6-8)21-15(18-12)19-14(20)10-4-3-9(16)7-11(10)17/h3-4,7-8H,2,5-6H2,1H3,(H,18,19,20)/t8-/m1/s1. The molecular formula is C15H14BrFN2OS. The van der Waals surface area contributed by atoms with Crippen molar-refractivity contribution in [2.45, 2.75) is 26.2 Å². The highest BCUT2D eigenvalue weighted by molar-refractivity contribution is 9.10. The molecule has 1 amide bonds. The van der Waals surface area contributed by atoms with Gasteiger partial charge in [0.2, 0.25) is 0 Å². The molecule has 3 rings (SSSR count). The first-order valence-electron chi connectivity index (χ1n) is 6.78. The quantitative estimate of drug-likeness (QED) is 0.852. The van der Waals surface area contributed by atoms with Crippen LogP contribution in [0.4, 0.5) is 9.52 Å². The number of benzene rings is 1. The Hall–Kier alpha value is -1.27. The molecule has 1 N–H and O–H groups in total. The predicted octanol–water partition coefficient (Wildman–Crippen LogP) is 4.42. The highest BCUT2D eigenvalue weighted by atomic mass is 79.9. The molecule has 0 fully saturated rings. The third-order valence-corrected chi connectivity index (χ3v) is 5.11. The molecular weight excluding hydrogens is 355 g/mol. The average Bonchev–Trinajstić information content (AvgIpc) is 2.79. The highest BCUT2D eigenvalue weighted by Crippen LogP contribution is 2.32. The smallest absolute Gasteiger partial charge is 0.260 e. The molecule has 2 aromatic rings. The third-order valence-electron chi connectivity index (χ3n) is 3.58. The molecule has 1 atom stereocenters. The normalized spacial score (nSPS) is 17.4. The summed E-state index contributed by atoms with van der Waals surface area (Å²) in [6.45, 7) is 2.22. The molecule has 1 aliphatic carbocycles. The van der Waals surface area contributed by atoms with Gasteiger partial charge in [-0.3, -0.25) is 10.1 Å². The Morgan fingerprint density at radius 1 is 1.52 bits per heavy atom. The van der Waals surface area contributed by atoms with E-state index in [-0.39, 0.29) is 5.56 Å². The second kappa shape index (κ2) is 5.85. The van der Waals surface area contributed by atoms with E-state index in [1.54, 1.807) is 6.07 Å². The average molecular weight is 369 g/mol. The van der Waals surface area contributed by atoms with Crippen LogP contribution in [0.25, 0.3) is 0 Å². The Kier molecular flexibility index (Phi) is 4.08. The van der Waals surface area contributed by atoms with E-state index in [4.69, 9.17) is 0 Å². The number of amides is 1. The lowest BCUT2D eigenvalue weighted by atomic mass is 9.93. The van der Waals surface area contributed by atoms with Crippen molar-refractivity contribution in [3.63, 3.8) is 0 Å². The van der Waals surface area contributed by atoms with Crippen LogP contribution >= 0.6 is 27.3 Å². The summed E-state index contributed by atoms with van der Waals surface area (Å²) in [4.78, 5) is 17.8. The van der Waals surface area contributed by atoms with Gasteiger partial charge in [0.25, 0.3) is 5.91 Å². The maximum absolute atomic E-state index is 13.8. The second-order valence-corrected chi connectivity index (χ2v) is 7.31. The molecule has 3 nitrogen and oxygen atoms in total. The van der Waals surface area contributed by atoms with Gasteiger partial charge < -0.3 is 0 Å². The van der Waals surface area contributed by atoms with Crippen molar-refractivity contribution in [2.75, 3.05) is 5.32 Å². The zero-order valence-corrected chi connectivity index (χ0v) is 13.9. The van der Waals surface area contributed by atoms with Crippen molar-refractivity contribution in [1.29, 1.82) is 0 Å². The van der Waals surface area contributed by atoms with Crippen LogP contribution in [0.2, 0.25) is 0 Å². The fraction of sp³-hybridized carbons (Fsp3) is 0.333. The van der Waals surface area contributed by atoms with E-state index in [1.807, 2.05) is 0 Å². The van der Waals surface area contributed by atoms with Gasteiger partial charge >= 0.3 is 0 Å². The monoisotopic (exact) mass is 368 g/mol. The molecule has 0 aliphatic heterocycles. The van der Waals surface area contributed by atoms with Crippen LogP contribution in [0.1, 0.15) is 34.3 Å². The van der Waals surface area contributed by atoms with Crippen molar-refractivity contribution in [3.8, 4) is 0 Å². The Labute approximate surface area is 134 Å². The molecule has 0 spiro atoms. The summed E-state index contributed by atoms with van der Waals surface area (Å²) < 4.78 is 14.4. The van der Waals surface area contributed by atoms with Crippen LogP contribution in [0.5, 0.6) is 0 Å². The van der Waals surface area contributed by atoms with Crippen molar-refractivity contribution >= 4 is 38.3 Å². The van der Waals surface area contributed by atoms with E-state index in [1.165, 1.54) is 28.3 Å². The maximum atomic E-state index is 13.8. The van der Waals surface area contributed by atoms with E-state index in [0.29, 0.717) is 15.5 Å². The molecule has 0 radical (unpaired) electrons. The molecule has 0 saturated heterocycles. The lowest BCUT2D eigenvalue weighted by Crippen LogP contribution is -2.13. The zero-order valence-electron chi connectivity index (χ0n) is 11.5. The fourth-order valence-corrected chi connectivity index (χ4v) is 3.93. The lowest BCUT2D eigenvalue weighted by Gasteiger charge is -2.15. The van der Waals surface area contributed by atoms with Gasteiger partial charge in [0.15, 0.2) is 5.13 Å². The first-order valence-corrected chi connectivity index (χ1v) is 8.39. The minimum absolute atomic E-state index is 0.0275. The number of rotatable bonds is 2. The number of anilines is 1. The van der Waals surface area contributed by atoms with E-state index < -0.39 is 11.7 Å². The summed E-state index contributed by atoms with van der Waals surface area (Å²) >= 11 is 4.67. The zero-order chi connectivity index (χ0) is 15.0. The van der Waals surface area contributed by atoms with Crippen LogP contribution in [0.15, 0.2) is 22.7 Å². The topological polar surface area (TPSA) is 42.0 Å². The number of aryl methyl sites for hydroxylation is 1. The number of fused-ring (bicyclic) bond motifs is 1. The lowest BCUT2D eigenvalue weighted by molar-refractivity contribution is 0.102. The summed E-state index contributed by atoms with van der Waals surface area (Å²) in [5, 5.41) is 3.26. The van der Waals surface area contributed by atoms with E-state index in [9.17, 15) is 9.18 Å². The number of halogens is 2. The fourth-order valence-electron chi connectivity index (χ4n) is 2.43. The summed E-state index contributed by atoms with van der Waals surface area (Å²) in [6.07, 6.45) is 3.09. The van der Waals surface area contributed by atoms with Crippen molar-refractivity contribution in [3.05, 3.63) is 44.6 Å². The first-order chi connectivity index (χ1) is 10.0. The highest BCUT2D eigenvalue weighted by Gasteiger charge is 2.21. The van der Waals surface area contributed by atoms with Gasteiger partial charge in [-0.05, 0) is 43.4 Å². The van der Waals surface area contributed by atoms with Crippen LogP contribution < -0.4 is 5.32 Å². The van der Waals surface area contributed by atoms with E-state index >= 15 is 0 Å². The van der Waals surface area contributed by atoms with E-state index in [2.05, 4.69) is 33.2 Å². The summed E-state index contributed by atoms with van der Waals surface area (Å²) in [6, 6.07) is 4.39. The molecule has 1 aliphatic rings. The molecule has 110 valence electrons. The predicted molar refractivity (Wildman–Crippen MR) is 85.4 cm³/mol. The molecule has 21 heavy (non-hydrogen) atoms. The van der Waals surface area contributed by atoms with Crippen LogP contribution in [0, 0.1) is 11.7 Å². The molecule has 6 heteroatoms. The van der Waals surface area contributed by atoms with Crippen molar-refractivity contribution in [2.24, 2.45) is 5.92 Å². The van der Waals surface area contributed by atoms with Gasteiger partial charge in [0.05, 0.1) is 11.3 Å². The van der Waals surface area contributed by atoms with Crippen LogP contribution in [-0.4, -0.2) is 10.9 Å². The Morgan fingerprint density at radius 2 is 2.33 bits per heavy atom. The molecule has 1 heterocycles. The van der Waals surface area contributed by atoms with Gasteiger partial charge in [-0.15, -0.1) is 11.3 Å². The number of carbonyl (C=O) groups excluding carboxylic acids is 1. The minimum Gasteiger partial charge on any atom is -0.298 e. The van der Waals surface area contributed by atoms with Crippen LogP contribution in [0.3, 0.4) is 0 Å². The molecule has 1 aromatic carbocycles. The third kappa shape index (κ3) is 3.16. The SMILES string of the molecule is C[C@@H]1CCc2nc(NC(=O)c3ccc(Br)cc3F)sc2C1. The molecule has 0 bridgehead atoms. The van der Waals surface area contributed by atoms with Gasteiger partial charge in [-0.25, -0.2) is 9.37 Å². The number of thiazole rings is 1. The number of hydrogen-bond acceptors (Lipinski definition) is 3. The number of hydrogen-bond donors (Lipinski definition) is 1. The number of nitrogens with one attached hydrogen (secondary N) is 1. The second-order valence-electron chi connectivity index (χ2n) is 5.32. The maximum Gasteiger partial charge on any atom is 0.260 e. The van der Waals surface area contributed by atoms with Gasteiger partial charge in [-0.2, -0.15) is 0 Å². The summed E-state index contributed by atoms with van der Waals surface area (Å²) in [7, 11) is 0. The number of aromatic nitrogens is 1. The summed E-state index contributed by atoms with van der Waals surface area (Å²) in [5.41, 5.74) is 1.10. The first kappa shape index (κ1) is 14.7. The summed E-state index contributed by atoms with van der Waals surface area (Å²) in [5.74, 6) is -0.346. The van der Waals surface area contributed by atoms with Crippen LogP contribution in [-0.2, 0) is 12.8 Å². The Bertz CT molecular complexity index is 701. The Morgan fingerprint density at radius 3 is 3.10 bits per heavy atom. The van der Waals surface area contributed by atoms with E-state index in [0.717, 1.165) is 25.0 Å². The largest absolute Gasteiger partial charge is 0.298 e. The molecule has 1 aromatic heterocycles. The number of carbonyl (C=O) groups is 1. The minimum atomic E-state index is -0.545. The van der Waals surface area contributed by atoms with Crippen molar-refractivity contribution in [1.82, 2.24) is 4.98 Å². The van der Waals surface area contributed by atoms with Gasteiger partial charge in [0.1, 0.15) is 5.82 Å². The molecule has 0 saturated carbocycles. The van der Waals surface area contributed by atoms with Crippen molar-refractivity contribution < 1.29 is 9.18 Å². The number of nitrogens with zero attached hydrogens (tertiary/aromatic N) is 1. The van der Waals surface area contributed by atoms with Gasteiger partial charge in [-0.1, -0.05) is 22.9 Å². The Balaban J connectivity index is 1.79. The molecule has 0 unspecified atom stereocenters.